The minimum atomic E-state index is -2.07. The van der Waals surface area contributed by atoms with Gasteiger partial charge >= 0.3 is 0 Å². The predicted octanol–water partition coefficient (Wildman–Crippen LogP) is 0.0152. The van der Waals surface area contributed by atoms with Crippen LogP contribution in [0.2, 0.25) is 0 Å². The highest BCUT2D eigenvalue weighted by Crippen LogP contribution is 1.72. The largest absolute Gasteiger partial charge is 0.396 e. The topological polar surface area (TPSA) is 29.5 Å². The van der Waals surface area contributed by atoms with Crippen molar-refractivity contribution in [1.82, 2.24) is 0 Å². The molecule has 0 aromatic carbocycles. The Morgan fingerprint density at radius 3 is 2.83 bits per heavy atom. The summed E-state index contributed by atoms with van der Waals surface area (Å²) in [6.45, 7) is -1.82. The van der Waals surface area contributed by atoms with Gasteiger partial charge in [-0.2, -0.15) is 0 Å². The number of hydrogen-bond donors (Lipinski definition) is 1. The molecule has 0 atom stereocenters. The highest BCUT2D eigenvalue weighted by molar-refractivity contribution is 4.25. The van der Waals surface area contributed by atoms with Gasteiger partial charge in [0.15, 0.2) is 0 Å². The van der Waals surface area contributed by atoms with E-state index in [1.807, 2.05) is 0 Å². The maximum Gasteiger partial charge on any atom is 0.0565 e. The van der Waals surface area contributed by atoms with Crippen LogP contribution < -0.4 is 0 Å². The molecular formula is C4H10O2. The Bertz CT molecular complexity index is 59.5. The molecule has 0 saturated heterocycles. The second kappa shape index (κ2) is 4.92. The summed E-state index contributed by atoms with van der Waals surface area (Å²) in [6, 6.07) is 0. The van der Waals surface area contributed by atoms with Gasteiger partial charge in [-0.1, -0.05) is 0 Å². The zero-order valence-electron chi connectivity index (χ0n) is 5.77. The molecule has 6 heavy (non-hydrogen) atoms. The van der Waals surface area contributed by atoms with E-state index in [1.165, 1.54) is 7.11 Å². The summed E-state index contributed by atoms with van der Waals surface area (Å²) < 4.78 is 17.7. The van der Waals surface area contributed by atoms with E-state index in [1.54, 1.807) is 0 Å². The van der Waals surface area contributed by atoms with Gasteiger partial charge in [-0.15, -0.1) is 0 Å². The molecule has 0 aliphatic rings. The fourth-order valence-electron chi connectivity index (χ4n) is 0.148. The zero-order chi connectivity index (χ0) is 6.62. The monoisotopic (exact) mass is 92.1 g/mol. The highest BCUT2D eigenvalue weighted by Gasteiger charge is 1.75. The third-order valence-electron chi connectivity index (χ3n) is 0.418. The molecule has 0 heterocycles. The molecule has 0 fully saturated rings. The Kier molecular flexibility index (Phi) is 2.45. The molecule has 0 aromatic rings. The molecule has 0 rings (SSSR count). The van der Waals surface area contributed by atoms with Crippen molar-refractivity contribution >= 4 is 0 Å². The molecule has 0 saturated carbocycles. The second-order valence-electron chi connectivity index (χ2n) is 0.901. The van der Waals surface area contributed by atoms with Gasteiger partial charge in [-0.25, -0.2) is 0 Å². The van der Waals surface area contributed by atoms with E-state index >= 15 is 0 Å². The first kappa shape index (κ1) is 2.99. The number of aliphatic hydroxyl groups is 1. The molecule has 0 aromatic heterocycles. The summed E-state index contributed by atoms with van der Waals surface area (Å²) in [6.07, 6.45) is 0.0312. The molecule has 0 amide bonds. The van der Waals surface area contributed by atoms with Crippen LogP contribution in [0.5, 0.6) is 0 Å². The minimum absolute atomic E-state index is 0.0312. The lowest BCUT2D eigenvalue weighted by molar-refractivity contribution is 0.166. The second-order valence-corrected chi connectivity index (χ2v) is 0.901. The Hall–Kier alpha value is -0.0800. The van der Waals surface area contributed by atoms with Crippen LogP contribution in [0.1, 0.15) is 9.16 Å². The molecule has 0 aliphatic heterocycles. The lowest BCUT2D eigenvalue weighted by atomic mass is 10.5. The SMILES string of the molecule is [2H]C([2H])(O)CCOC. The van der Waals surface area contributed by atoms with Crippen molar-refractivity contribution in [3.05, 3.63) is 0 Å². The summed E-state index contributed by atoms with van der Waals surface area (Å²) in [5, 5.41) is 8.40. The van der Waals surface area contributed by atoms with Crippen molar-refractivity contribution in [2.45, 2.75) is 6.42 Å². The Morgan fingerprint density at radius 1 is 2.00 bits per heavy atom. The highest BCUT2D eigenvalue weighted by atomic mass is 16.5. The lowest BCUT2D eigenvalue weighted by Crippen LogP contribution is -1.90. The molecule has 38 valence electrons. The number of methoxy groups -OCH3 is 1. The van der Waals surface area contributed by atoms with Gasteiger partial charge in [-0.3, -0.25) is 0 Å². The van der Waals surface area contributed by atoms with Crippen LogP contribution in [0.3, 0.4) is 0 Å². The van der Waals surface area contributed by atoms with Gasteiger partial charge < -0.3 is 9.84 Å². The van der Waals surface area contributed by atoms with E-state index in [-0.39, 0.29) is 13.0 Å². The molecule has 2 nitrogen and oxygen atoms in total. The fraction of sp³-hybridized carbons (Fsp3) is 1.00. The summed E-state index contributed by atoms with van der Waals surface area (Å²) in [7, 11) is 1.46. The van der Waals surface area contributed by atoms with Crippen LogP contribution in [-0.4, -0.2) is 25.4 Å². The normalized spacial score (nSPS) is 16.3. The summed E-state index contributed by atoms with van der Waals surface area (Å²) in [5.41, 5.74) is 0. The van der Waals surface area contributed by atoms with Crippen molar-refractivity contribution < 1.29 is 12.6 Å². The van der Waals surface area contributed by atoms with E-state index in [0.717, 1.165) is 0 Å². The first-order valence-corrected chi connectivity index (χ1v) is 1.77. The first-order chi connectivity index (χ1) is 3.56. The Labute approximate surface area is 40.6 Å². The van der Waals surface area contributed by atoms with Crippen molar-refractivity contribution in [2.24, 2.45) is 0 Å². The minimum Gasteiger partial charge on any atom is -0.396 e. The Morgan fingerprint density at radius 2 is 2.67 bits per heavy atom. The van der Waals surface area contributed by atoms with E-state index in [2.05, 4.69) is 4.74 Å². The van der Waals surface area contributed by atoms with Crippen LogP contribution in [0, 0.1) is 0 Å². The molecule has 1 N–H and O–H groups in total. The van der Waals surface area contributed by atoms with Crippen molar-refractivity contribution in [3.8, 4) is 0 Å². The van der Waals surface area contributed by atoms with Crippen molar-refractivity contribution in [1.29, 1.82) is 0 Å². The number of ether oxygens (including phenoxy) is 1. The molecule has 0 radical (unpaired) electrons. The van der Waals surface area contributed by atoms with Crippen LogP contribution >= 0.6 is 0 Å². The van der Waals surface area contributed by atoms with Gasteiger partial charge in [-0.05, 0) is 6.42 Å². The quantitative estimate of drug-likeness (QED) is 0.531. The molecule has 2 heteroatoms. The number of rotatable bonds is 3. The van der Waals surface area contributed by atoms with Crippen LogP contribution in [0.4, 0.5) is 0 Å². The summed E-state index contributed by atoms with van der Waals surface area (Å²) >= 11 is 0. The standard InChI is InChI=1S/C4H10O2/c1-6-4-2-3-5/h5H,2-4H2,1H3/i3D2. The smallest absolute Gasteiger partial charge is 0.0565 e. The van der Waals surface area contributed by atoms with Gasteiger partial charge in [0.1, 0.15) is 0 Å². The molecule has 0 bridgehead atoms. The molecule has 0 unspecified atom stereocenters. The van der Waals surface area contributed by atoms with E-state index in [4.69, 9.17) is 7.85 Å². The predicted molar refractivity (Wildman–Crippen MR) is 23.6 cm³/mol. The molecule has 0 spiro atoms. The maximum absolute atomic E-state index is 8.40. The Balaban J connectivity index is 3.11. The first-order valence-electron chi connectivity index (χ1n) is 2.77. The summed E-state index contributed by atoms with van der Waals surface area (Å²) in [5.74, 6) is 0. The molecule has 0 aliphatic carbocycles. The van der Waals surface area contributed by atoms with Crippen molar-refractivity contribution in [2.75, 3.05) is 20.3 Å². The maximum atomic E-state index is 8.40. The van der Waals surface area contributed by atoms with Crippen molar-refractivity contribution in [3.63, 3.8) is 0 Å². The third kappa shape index (κ3) is 3.92. The fourth-order valence-corrected chi connectivity index (χ4v) is 0.148. The number of hydrogen-bond acceptors (Lipinski definition) is 2. The van der Waals surface area contributed by atoms with Crippen LogP contribution in [0.15, 0.2) is 0 Å². The van der Waals surface area contributed by atoms with Gasteiger partial charge in [0.2, 0.25) is 0 Å². The van der Waals surface area contributed by atoms with E-state index in [9.17, 15) is 0 Å². The van der Waals surface area contributed by atoms with Gasteiger partial charge in [0.05, 0.1) is 2.74 Å². The van der Waals surface area contributed by atoms with E-state index < -0.39 is 6.56 Å². The average molecular weight is 92.1 g/mol. The van der Waals surface area contributed by atoms with Crippen LogP contribution in [-0.2, 0) is 4.74 Å². The lowest BCUT2D eigenvalue weighted by Gasteiger charge is -1.89. The zero-order valence-corrected chi connectivity index (χ0v) is 3.77. The van der Waals surface area contributed by atoms with Crippen LogP contribution in [0.25, 0.3) is 0 Å². The third-order valence-corrected chi connectivity index (χ3v) is 0.418. The molecular weight excluding hydrogens is 80.0 g/mol. The average Bonchev–Trinajstić information content (AvgIpc) is 1.59. The van der Waals surface area contributed by atoms with Gasteiger partial charge in [0.25, 0.3) is 0 Å². The van der Waals surface area contributed by atoms with Gasteiger partial charge in [0, 0.05) is 20.3 Å². The van der Waals surface area contributed by atoms with E-state index in [0.29, 0.717) is 0 Å². The summed E-state index contributed by atoms with van der Waals surface area (Å²) in [4.78, 5) is 0.